The number of aromatic nitrogens is 3. The third kappa shape index (κ3) is 15.6. The molecule has 3 aliphatic carbocycles. The van der Waals surface area contributed by atoms with Crippen molar-refractivity contribution >= 4 is 136 Å². The van der Waals surface area contributed by atoms with Crippen molar-refractivity contribution in [2.45, 2.75) is 108 Å². The predicted octanol–water partition coefficient (Wildman–Crippen LogP) is 17.2. The number of halogens is 6. The standard InChI is InChI=1S/C25H29Cl2N3O3.C23H24Cl2N2O4.C22H22Cl2N2O3/c1-29(2)13-14-30-22(31)15-20(28-23-18(26)9-6-10-19(23)27)17-11-12-21(32-3)25(24(17)30)33-16-7-4-5-8-16;1-30-19-10-9-15-18(26-21-16(24)7-4-8-17(21)25)13-20(29)27(11-12-28)22(15)23(19)31-14-5-2-3-6-14;1-26-19(27)12-17(25-20-15(23)8-5-9-16(20)24)14-10-11-18(28-2)22(21(14)26)29-13-6-3-4-7-13/h6,9-12,15-16,28H,4-5,7-8,13-14H2,1-3H3;4,7-10,13-14,26,28H,2-3,5-6,11-12H2,1H3;5,8-13,25H,3-4,6-7H2,1-2H3. The van der Waals surface area contributed by atoms with E-state index in [4.69, 9.17) is 98.0 Å². The van der Waals surface area contributed by atoms with Crippen LogP contribution in [0.4, 0.5) is 34.1 Å². The molecule has 0 saturated heterocycles. The average molecular weight is 1390 g/mol. The highest BCUT2D eigenvalue weighted by Gasteiger charge is 2.28. The lowest BCUT2D eigenvalue weighted by atomic mass is 10.1. The topological polar surface area (TPSA) is 181 Å². The van der Waals surface area contributed by atoms with Gasteiger partial charge in [0.2, 0.25) is 0 Å². The molecule has 93 heavy (non-hydrogen) atoms. The van der Waals surface area contributed by atoms with Crippen molar-refractivity contribution in [2.24, 2.45) is 7.05 Å². The van der Waals surface area contributed by atoms with Crippen LogP contribution in [0.3, 0.4) is 0 Å². The normalized spacial score (nSPS) is 14.3. The van der Waals surface area contributed by atoms with Gasteiger partial charge >= 0.3 is 0 Å². The summed E-state index contributed by atoms with van der Waals surface area (Å²) < 4.78 is 40.8. The molecule has 3 aliphatic rings. The Labute approximate surface area is 569 Å². The average Bonchev–Trinajstić information content (AvgIpc) is 1.12. The minimum absolute atomic E-state index is 0.0619. The summed E-state index contributed by atoms with van der Waals surface area (Å²) in [6.07, 6.45) is 13.0. The summed E-state index contributed by atoms with van der Waals surface area (Å²) in [7, 11) is 10.5. The number of nitrogens with zero attached hydrogens (tertiary/aromatic N) is 4. The number of benzene rings is 6. The van der Waals surface area contributed by atoms with Crippen molar-refractivity contribution in [3.63, 3.8) is 0 Å². The molecule has 3 saturated carbocycles. The Balaban J connectivity index is 0.000000153. The number of pyridine rings is 3. The van der Waals surface area contributed by atoms with Gasteiger partial charge in [-0.2, -0.15) is 0 Å². The molecule has 3 fully saturated rings. The van der Waals surface area contributed by atoms with Crippen LogP contribution in [-0.4, -0.2) is 90.6 Å². The minimum Gasteiger partial charge on any atom is -0.493 e. The van der Waals surface area contributed by atoms with Gasteiger partial charge < -0.3 is 68.1 Å². The molecule has 6 aromatic carbocycles. The van der Waals surface area contributed by atoms with Crippen LogP contribution in [0.2, 0.25) is 30.1 Å². The molecule has 3 aromatic heterocycles. The Morgan fingerprint density at radius 3 is 1.06 bits per heavy atom. The number of aliphatic hydroxyl groups is 1. The van der Waals surface area contributed by atoms with Gasteiger partial charge in [0.1, 0.15) is 0 Å². The van der Waals surface area contributed by atoms with E-state index >= 15 is 0 Å². The number of para-hydroxylation sites is 3. The van der Waals surface area contributed by atoms with Gasteiger partial charge in [-0.25, -0.2) is 0 Å². The third-order valence-electron chi connectivity index (χ3n) is 16.9. The molecule has 17 nitrogen and oxygen atoms in total. The first-order chi connectivity index (χ1) is 44.9. The maximum absolute atomic E-state index is 13.4. The molecule has 0 spiro atoms. The van der Waals surface area contributed by atoms with Gasteiger partial charge in [0.15, 0.2) is 34.5 Å². The van der Waals surface area contributed by atoms with Crippen LogP contribution in [0.25, 0.3) is 32.7 Å². The number of methoxy groups -OCH3 is 3. The first-order valence-electron chi connectivity index (χ1n) is 31.0. The van der Waals surface area contributed by atoms with Crippen molar-refractivity contribution in [3.8, 4) is 34.5 Å². The van der Waals surface area contributed by atoms with Gasteiger partial charge in [0.25, 0.3) is 16.7 Å². The van der Waals surface area contributed by atoms with E-state index in [0.29, 0.717) is 128 Å². The molecule has 9 aromatic rings. The Bertz CT molecular complexity index is 4290. The van der Waals surface area contributed by atoms with Crippen LogP contribution in [0, 0.1) is 0 Å². The van der Waals surface area contributed by atoms with Crippen LogP contribution in [-0.2, 0) is 20.1 Å². The zero-order valence-electron chi connectivity index (χ0n) is 52.6. The second-order valence-electron chi connectivity index (χ2n) is 23.3. The van der Waals surface area contributed by atoms with Gasteiger partial charge in [0, 0.05) is 61.0 Å². The summed E-state index contributed by atoms with van der Waals surface area (Å²) in [6, 6.07) is 31.6. The second kappa shape index (κ2) is 31.4. The maximum Gasteiger partial charge on any atom is 0.253 e. The lowest BCUT2D eigenvalue weighted by molar-refractivity contribution is 0.202. The van der Waals surface area contributed by atoms with Crippen LogP contribution in [0.15, 0.2) is 124 Å². The highest BCUT2D eigenvalue weighted by Crippen LogP contribution is 2.46. The summed E-state index contributed by atoms with van der Waals surface area (Å²) in [5.74, 6) is 3.45. The van der Waals surface area contributed by atoms with Crippen molar-refractivity contribution in [1.82, 2.24) is 18.6 Å². The van der Waals surface area contributed by atoms with E-state index in [1.54, 1.807) is 98.2 Å². The van der Waals surface area contributed by atoms with Crippen molar-refractivity contribution in [2.75, 3.05) is 64.5 Å². The summed E-state index contributed by atoms with van der Waals surface area (Å²) >= 11 is 38.1. The lowest BCUT2D eigenvalue weighted by Gasteiger charge is -2.23. The van der Waals surface area contributed by atoms with Crippen LogP contribution >= 0.6 is 69.6 Å². The number of hydrogen-bond acceptors (Lipinski definition) is 14. The number of aliphatic hydroxyl groups excluding tert-OH is 1. The smallest absolute Gasteiger partial charge is 0.253 e. The molecule has 0 radical (unpaired) electrons. The van der Waals surface area contributed by atoms with Gasteiger partial charge in [-0.05, 0) is 164 Å². The molecule has 0 unspecified atom stereocenters. The summed E-state index contributed by atoms with van der Waals surface area (Å²) in [6.45, 7) is 1.18. The van der Waals surface area contributed by atoms with E-state index in [1.807, 2.05) is 55.4 Å². The zero-order chi connectivity index (χ0) is 66.0. The number of nitrogens with one attached hydrogen (secondary N) is 3. The lowest BCUT2D eigenvalue weighted by Crippen LogP contribution is -2.27. The minimum atomic E-state index is -0.281. The molecule has 492 valence electrons. The number of ether oxygens (including phenoxy) is 6. The van der Waals surface area contributed by atoms with Crippen LogP contribution in [0.5, 0.6) is 34.5 Å². The van der Waals surface area contributed by atoms with E-state index in [9.17, 15) is 19.5 Å². The molecule has 12 rings (SSSR count). The monoisotopic (exact) mass is 1380 g/mol. The fraction of sp³-hybridized carbons (Fsp3) is 0.357. The van der Waals surface area contributed by atoms with Crippen molar-refractivity contribution < 1.29 is 33.5 Å². The molecule has 3 heterocycles. The number of likely N-dealkylation sites (N-methyl/N-ethyl adjacent to an activating group) is 1. The molecular formula is C70H75Cl6N7O10. The fourth-order valence-electron chi connectivity index (χ4n) is 12.1. The van der Waals surface area contributed by atoms with Crippen molar-refractivity contribution in [3.05, 3.63) is 170 Å². The molecule has 0 atom stereocenters. The summed E-state index contributed by atoms with van der Waals surface area (Å²) in [5, 5.41) is 24.5. The van der Waals surface area contributed by atoms with Crippen molar-refractivity contribution in [1.29, 1.82) is 0 Å². The molecule has 23 heteroatoms. The summed E-state index contributed by atoms with van der Waals surface area (Å²) in [5.41, 5.74) is 4.75. The first-order valence-corrected chi connectivity index (χ1v) is 33.3. The van der Waals surface area contributed by atoms with E-state index in [0.717, 1.165) is 93.2 Å². The quantitative estimate of drug-likeness (QED) is 0.0566. The van der Waals surface area contributed by atoms with Crippen LogP contribution in [0.1, 0.15) is 77.0 Å². The number of rotatable bonds is 20. The van der Waals surface area contributed by atoms with Gasteiger partial charge in [0.05, 0.1) is 127 Å². The van der Waals surface area contributed by atoms with Gasteiger partial charge in [-0.3, -0.25) is 14.4 Å². The molecular weight excluding hydrogens is 1310 g/mol. The number of fused-ring (bicyclic) bond motifs is 3. The SMILES string of the molecule is COc1ccc2c(Nc3c(Cl)cccc3Cl)cc(=O)n(C)c2c1OC1CCCC1.COc1ccc2c(Nc3c(Cl)cccc3Cl)cc(=O)n(CCN(C)C)c2c1OC1CCCC1.COc1ccc2c(Nc3c(Cl)cccc3Cl)cc(=O)n(CCO)c2c1OC1CCCC1. The largest absolute Gasteiger partial charge is 0.493 e. The van der Waals surface area contributed by atoms with Gasteiger partial charge in [-0.1, -0.05) is 87.8 Å². The Kier molecular flexibility index (Phi) is 23.2. The second-order valence-corrected chi connectivity index (χ2v) is 25.7. The zero-order valence-corrected chi connectivity index (χ0v) is 57.2. The molecule has 0 bridgehead atoms. The molecule has 0 amide bonds. The van der Waals surface area contributed by atoms with E-state index in [-0.39, 0.29) is 48.1 Å². The highest BCUT2D eigenvalue weighted by molar-refractivity contribution is 6.40. The van der Waals surface area contributed by atoms with E-state index < -0.39 is 0 Å². The predicted molar refractivity (Wildman–Crippen MR) is 379 cm³/mol. The Hall–Kier alpha value is -7.19. The first kappa shape index (κ1) is 68.7. The molecule has 0 aliphatic heterocycles. The Morgan fingerprint density at radius 2 is 0.753 bits per heavy atom. The van der Waals surface area contributed by atoms with E-state index in [2.05, 4.69) is 16.0 Å². The highest BCUT2D eigenvalue weighted by atomic mass is 35.5. The Morgan fingerprint density at radius 1 is 0.452 bits per heavy atom. The van der Waals surface area contributed by atoms with E-state index in [1.165, 1.54) is 16.7 Å². The fourth-order valence-corrected chi connectivity index (χ4v) is 13.6. The number of aryl methyl sites for hydroxylation is 1. The van der Waals surface area contributed by atoms with Crippen LogP contribution < -0.4 is 61.0 Å². The number of anilines is 6. The van der Waals surface area contributed by atoms with Gasteiger partial charge in [-0.15, -0.1) is 0 Å². The maximum atomic E-state index is 13.4. The number of hydrogen-bond donors (Lipinski definition) is 4. The summed E-state index contributed by atoms with van der Waals surface area (Å²) in [4.78, 5) is 41.2. The molecule has 4 N–H and O–H groups in total. The third-order valence-corrected chi connectivity index (χ3v) is 18.8.